The number of rotatable bonds is 2. The summed E-state index contributed by atoms with van der Waals surface area (Å²) in [5.74, 6) is 0. The summed E-state index contributed by atoms with van der Waals surface area (Å²) >= 11 is 4.09. The third kappa shape index (κ3) is 3.26. The lowest BCUT2D eigenvalue weighted by Crippen LogP contribution is -2.37. The second-order valence-electron chi connectivity index (χ2n) is 2.93. The summed E-state index contributed by atoms with van der Waals surface area (Å²) in [4.78, 5) is 0. The van der Waals surface area contributed by atoms with Crippen molar-refractivity contribution in [1.29, 1.82) is 0 Å². The Balaban J connectivity index is 2.30. The lowest BCUT2D eigenvalue weighted by molar-refractivity contribution is 0.593. The van der Waals surface area contributed by atoms with Gasteiger partial charge in [-0.15, -0.1) is 23.5 Å². The Bertz CT molecular complexity index is 109. The highest BCUT2D eigenvalue weighted by Gasteiger charge is 2.22. The number of thioether (sulfide) groups is 2. The summed E-state index contributed by atoms with van der Waals surface area (Å²) in [6, 6.07) is 0. The molecule has 3 heteroatoms. The normalized spacial score (nSPS) is 39.0. The quantitative estimate of drug-likeness (QED) is 0.721. The summed E-state index contributed by atoms with van der Waals surface area (Å²) in [7, 11) is 0. The molecule has 0 aromatic heterocycles. The van der Waals surface area contributed by atoms with E-state index in [-0.39, 0.29) is 0 Å². The van der Waals surface area contributed by atoms with Crippen LogP contribution < -0.4 is 5.32 Å². The minimum atomic E-state index is 0.641. The maximum atomic E-state index is 3.57. The largest absolute Gasteiger partial charge is 0.294 e. The lowest BCUT2D eigenvalue weighted by atomic mass is 10.3. The summed E-state index contributed by atoms with van der Waals surface area (Å²) in [6.07, 6.45) is 2.59. The molecule has 0 spiro atoms. The molecular weight excluding hydrogens is 174 g/mol. The highest BCUT2D eigenvalue weighted by atomic mass is 32.2. The number of hydrogen-bond acceptors (Lipinski definition) is 3. The molecule has 11 heavy (non-hydrogen) atoms. The molecular formula is C8H17NS2. The van der Waals surface area contributed by atoms with E-state index < -0.39 is 0 Å². The predicted molar refractivity (Wildman–Crippen MR) is 55.9 cm³/mol. The average Bonchev–Trinajstić information content (AvgIpc) is 1.85. The average molecular weight is 191 g/mol. The molecule has 1 heterocycles. The monoisotopic (exact) mass is 191 g/mol. The van der Waals surface area contributed by atoms with Crippen molar-refractivity contribution >= 4 is 23.5 Å². The molecule has 1 rings (SSSR count). The van der Waals surface area contributed by atoms with Crippen molar-refractivity contribution in [2.75, 3.05) is 0 Å². The van der Waals surface area contributed by atoms with E-state index in [0.717, 1.165) is 4.58 Å². The van der Waals surface area contributed by atoms with E-state index in [2.05, 4.69) is 37.8 Å². The van der Waals surface area contributed by atoms with E-state index in [1.165, 1.54) is 12.8 Å². The van der Waals surface area contributed by atoms with E-state index in [9.17, 15) is 0 Å². The van der Waals surface area contributed by atoms with Gasteiger partial charge in [0.1, 0.15) is 0 Å². The summed E-state index contributed by atoms with van der Waals surface area (Å²) in [6.45, 7) is 6.80. The van der Waals surface area contributed by atoms with E-state index in [0.29, 0.717) is 10.7 Å². The first-order valence-corrected chi connectivity index (χ1v) is 6.18. The zero-order valence-corrected chi connectivity index (χ0v) is 9.10. The van der Waals surface area contributed by atoms with E-state index in [1.54, 1.807) is 0 Å². The molecule has 1 aliphatic rings. The Morgan fingerprint density at radius 3 is 2.55 bits per heavy atom. The van der Waals surface area contributed by atoms with Crippen LogP contribution in [0.25, 0.3) is 0 Å². The Labute approximate surface area is 78.1 Å². The molecule has 1 aliphatic heterocycles. The Morgan fingerprint density at radius 2 is 2.00 bits per heavy atom. The third-order valence-corrected chi connectivity index (χ3v) is 4.40. The van der Waals surface area contributed by atoms with Crippen molar-refractivity contribution in [3.63, 3.8) is 0 Å². The maximum Gasteiger partial charge on any atom is 0.0551 e. The molecule has 3 atom stereocenters. The summed E-state index contributed by atoms with van der Waals surface area (Å²) < 4.78 is 0.766. The molecule has 3 unspecified atom stereocenters. The van der Waals surface area contributed by atoms with Crippen molar-refractivity contribution in [3.8, 4) is 0 Å². The standard InChI is InChI=1S/C8H17NS2/c1-4-5-8-9-6(2)10-7(3)11-8/h6-9H,4-5H2,1-3H3. The second kappa shape index (κ2) is 4.63. The van der Waals surface area contributed by atoms with Crippen LogP contribution in [0.4, 0.5) is 0 Å². The smallest absolute Gasteiger partial charge is 0.0551 e. The Hall–Kier alpha value is 0.660. The summed E-state index contributed by atoms with van der Waals surface area (Å²) in [5.41, 5.74) is 0. The predicted octanol–water partition coefficient (Wildman–Crippen LogP) is 2.87. The van der Waals surface area contributed by atoms with Crippen molar-refractivity contribution in [1.82, 2.24) is 5.32 Å². The van der Waals surface area contributed by atoms with Gasteiger partial charge in [-0.05, 0) is 20.3 Å². The first kappa shape index (κ1) is 9.75. The number of hydrogen-bond donors (Lipinski definition) is 1. The van der Waals surface area contributed by atoms with Crippen LogP contribution >= 0.6 is 23.5 Å². The topological polar surface area (TPSA) is 12.0 Å². The van der Waals surface area contributed by atoms with Crippen LogP contribution in [-0.2, 0) is 0 Å². The summed E-state index contributed by atoms with van der Waals surface area (Å²) in [5, 5.41) is 4.92. The Kier molecular flexibility index (Phi) is 4.10. The van der Waals surface area contributed by atoms with Gasteiger partial charge in [-0.1, -0.05) is 13.3 Å². The second-order valence-corrected chi connectivity index (χ2v) is 6.46. The minimum Gasteiger partial charge on any atom is -0.294 e. The van der Waals surface area contributed by atoms with Gasteiger partial charge in [-0.3, -0.25) is 5.32 Å². The minimum absolute atomic E-state index is 0.641. The van der Waals surface area contributed by atoms with Gasteiger partial charge in [0.25, 0.3) is 0 Å². The fraction of sp³-hybridized carbons (Fsp3) is 1.00. The maximum absolute atomic E-state index is 3.57. The van der Waals surface area contributed by atoms with Gasteiger partial charge in [0.15, 0.2) is 0 Å². The van der Waals surface area contributed by atoms with E-state index >= 15 is 0 Å². The van der Waals surface area contributed by atoms with Gasteiger partial charge < -0.3 is 0 Å². The van der Waals surface area contributed by atoms with Gasteiger partial charge in [0.2, 0.25) is 0 Å². The van der Waals surface area contributed by atoms with Gasteiger partial charge >= 0.3 is 0 Å². The first-order chi connectivity index (χ1) is 5.22. The van der Waals surface area contributed by atoms with Crippen molar-refractivity contribution in [2.45, 2.75) is 48.9 Å². The highest BCUT2D eigenvalue weighted by molar-refractivity contribution is 8.18. The fourth-order valence-corrected chi connectivity index (χ4v) is 4.48. The molecule has 0 aromatic carbocycles. The van der Waals surface area contributed by atoms with Crippen LogP contribution in [0.1, 0.15) is 33.6 Å². The SMILES string of the molecule is CCCC1NC(C)SC(C)S1. The molecule has 0 aromatic rings. The van der Waals surface area contributed by atoms with Crippen LogP contribution in [0.3, 0.4) is 0 Å². The lowest BCUT2D eigenvalue weighted by Gasteiger charge is -2.31. The zero-order chi connectivity index (χ0) is 8.27. The van der Waals surface area contributed by atoms with Crippen LogP contribution in [-0.4, -0.2) is 15.3 Å². The zero-order valence-electron chi connectivity index (χ0n) is 7.46. The van der Waals surface area contributed by atoms with E-state index in [4.69, 9.17) is 0 Å². The van der Waals surface area contributed by atoms with Crippen LogP contribution in [0.2, 0.25) is 0 Å². The molecule has 66 valence electrons. The van der Waals surface area contributed by atoms with Gasteiger partial charge in [-0.25, -0.2) is 0 Å². The molecule has 1 N–H and O–H groups in total. The van der Waals surface area contributed by atoms with Crippen molar-refractivity contribution < 1.29 is 0 Å². The molecule has 1 saturated heterocycles. The molecule has 0 radical (unpaired) electrons. The molecule has 0 aliphatic carbocycles. The molecule has 1 nitrogen and oxygen atoms in total. The number of nitrogens with one attached hydrogen (secondary N) is 1. The van der Waals surface area contributed by atoms with Gasteiger partial charge in [-0.2, -0.15) is 0 Å². The molecule has 0 amide bonds. The first-order valence-electron chi connectivity index (χ1n) is 4.29. The van der Waals surface area contributed by atoms with Crippen molar-refractivity contribution in [3.05, 3.63) is 0 Å². The van der Waals surface area contributed by atoms with Crippen molar-refractivity contribution in [2.24, 2.45) is 0 Å². The fourth-order valence-electron chi connectivity index (χ4n) is 1.30. The van der Waals surface area contributed by atoms with E-state index in [1.807, 2.05) is 11.8 Å². The molecule has 0 saturated carbocycles. The van der Waals surface area contributed by atoms with Gasteiger partial charge in [0, 0.05) is 0 Å². The van der Waals surface area contributed by atoms with Crippen LogP contribution in [0.5, 0.6) is 0 Å². The molecule has 0 bridgehead atoms. The van der Waals surface area contributed by atoms with Crippen LogP contribution in [0.15, 0.2) is 0 Å². The highest BCUT2D eigenvalue weighted by Crippen LogP contribution is 2.35. The third-order valence-electron chi connectivity index (χ3n) is 1.72. The van der Waals surface area contributed by atoms with Gasteiger partial charge in [0.05, 0.1) is 15.3 Å². The van der Waals surface area contributed by atoms with Crippen LogP contribution in [0, 0.1) is 0 Å². The molecule has 1 fully saturated rings. The Morgan fingerprint density at radius 1 is 1.27 bits per heavy atom.